The molecule has 0 radical (unpaired) electrons. The number of pyridine rings is 1. The minimum Gasteiger partial charge on any atom is -0.503 e. The summed E-state index contributed by atoms with van der Waals surface area (Å²) < 4.78 is 35.5. The fraction of sp³-hybridized carbons (Fsp3) is 0.333. The molecule has 4 heterocycles. The van der Waals surface area contributed by atoms with Crippen molar-refractivity contribution in [3.05, 3.63) is 63.7 Å². The first-order valence-corrected chi connectivity index (χ1v) is 10.1. The van der Waals surface area contributed by atoms with Gasteiger partial charge in [0, 0.05) is 24.4 Å². The van der Waals surface area contributed by atoms with E-state index in [1.165, 1.54) is 23.1 Å². The van der Waals surface area contributed by atoms with Crippen molar-refractivity contribution >= 4 is 5.91 Å². The molecule has 11 heteroatoms. The zero-order valence-electron chi connectivity index (χ0n) is 17.0. The molecule has 0 spiro atoms. The van der Waals surface area contributed by atoms with Gasteiger partial charge in [-0.15, -0.1) is 5.10 Å². The molecule has 5 rings (SSSR count). The summed E-state index contributed by atoms with van der Waals surface area (Å²) in [6.45, 7) is 2.92. The standard InChI is InChI=1S/C21H19F2N5O4/c1-2-27-16-9-32-10-17(16)28-7-13(19(29)20(30)18(28)21(27)31)15-8-26(25-24-15)6-11-3-4-12(22)5-14(11)23/h3-5,7-8,16-17,30H,2,6,9-10H2,1H3/t16-,17+/m1/s1. The molecule has 0 saturated carbocycles. The highest BCUT2D eigenvalue weighted by molar-refractivity contribution is 5.96. The number of fused-ring (bicyclic) bond motifs is 3. The molecule has 1 fully saturated rings. The first-order chi connectivity index (χ1) is 15.4. The Balaban J connectivity index is 1.55. The van der Waals surface area contributed by atoms with Crippen LogP contribution >= 0.6 is 0 Å². The van der Waals surface area contributed by atoms with E-state index in [9.17, 15) is 23.5 Å². The second kappa shape index (κ2) is 7.52. The fourth-order valence-electron chi connectivity index (χ4n) is 4.36. The highest BCUT2D eigenvalue weighted by Gasteiger charge is 2.44. The van der Waals surface area contributed by atoms with Crippen molar-refractivity contribution in [2.45, 2.75) is 25.6 Å². The van der Waals surface area contributed by atoms with Crippen molar-refractivity contribution in [3.8, 4) is 17.0 Å². The SMILES string of the molecule is CCN1C(=O)c2c(O)c(=O)c(-c3cn(Cc4ccc(F)cc4F)nn3)cn2[C@H]2COC[C@H]21. The Morgan fingerprint density at radius 3 is 2.72 bits per heavy atom. The number of nitrogens with zero attached hydrogens (tertiary/aromatic N) is 5. The molecule has 3 aromatic rings. The maximum atomic E-state index is 14.0. The van der Waals surface area contributed by atoms with Crippen molar-refractivity contribution in [1.82, 2.24) is 24.5 Å². The number of rotatable bonds is 4. The molecule has 0 bridgehead atoms. The third-order valence-corrected chi connectivity index (χ3v) is 5.96. The molecule has 0 unspecified atom stereocenters. The topological polar surface area (TPSA) is 102 Å². The molecular weight excluding hydrogens is 424 g/mol. The molecule has 0 aliphatic carbocycles. The number of halogens is 2. The molecule has 32 heavy (non-hydrogen) atoms. The van der Waals surface area contributed by atoms with Gasteiger partial charge in [0.25, 0.3) is 5.91 Å². The van der Waals surface area contributed by atoms with Crippen LogP contribution in [0.2, 0.25) is 0 Å². The third kappa shape index (κ3) is 3.08. The molecule has 2 aliphatic heterocycles. The van der Waals surface area contributed by atoms with Crippen molar-refractivity contribution in [3.63, 3.8) is 0 Å². The minimum absolute atomic E-state index is 0.0279. The second-order valence-corrected chi connectivity index (χ2v) is 7.78. The lowest BCUT2D eigenvalue weighted by Crippen LogP contribution is -2.51. The van der Waals surface area contributed by atoms with E-state index in [0.29, 0.717) is 19.8 Å². The van der Waals surface area contributed by atoms with Crippen molar-refractivity contribution in [2.24, 2.45) is 0 Å². The molecule has 1 aromatic carbocycles. The number of aromatic nitrogens is 4. The molecule has 166 valence electrons. The summed E-state index contributed by atoms with van der Waals surface area (Å²) in [5, 5.41) is 18.5. The Morgan fingerprint density at radius 2 is 1.97 bits per heavy atom. The highest BCUT2D eigenvalue weighted by atomic mass is 19.1. The van der Waals surface area contributed by atoms with Crippen LogP contribution in [-0.4, -0.2) is 61.3 Å². The predicted octanol–water partition coefficient (Wildman–Crippen LogP) is 1.55. The fourth-order valence-corrected chi connectivity index (χ4v) is 4.36. The molecule has 1 N–H and O–H groups in total. The van der Waals surface area contributed by atoms with Crippen LogP contribution in [0.3, 0.4) is 0 Å². The molecule has 2 atom stereocenters. The molecule has 1 amide bonds. The first-order valence-electron chi connectivity index (χ1n) is 10.1. The van der Waals surface area contributed by atoms with Crippen molar-refractivity contribution in [2.75, 3.05) is 19.8 Å². The van der Waals surface area contributed by atoms with E-state index < -0.39 is 28.7 Å². The predicted molar refractivity (Wildman–Crippen MR) is 107 cm³/mol. The number of carbonyl (C=O) groups excluding carboxylic acids is 1. The Hall–Kier alpha value is -3.60. The van der Waals surface area contributed by atoms with Crippen molar-refractivity contribution in [1.29, 1.82) is 0 Å². The number of ether oxygens (including phenoxy) is 1. The van der Waals surface area contributed by atoms with Crippen LogP contribution in [0.25, 0.3) is 11.3 Å². The number of carbonyl (C=O) groups is 1. The maximum Gasteiger partial charge on any atom is 0.274 e. The van der Waals surface area contributed by atoms with Gasteiger partial charge in [-0.05, 0) is 13.0 Å². The van der Waals surface area contributed by atoms with Crippen LogP contribution < -0.4 is 5.43 Å². The molecule has 2 aliphatic rings. The Bertz CT molecular complexity index is 1290. The Kier molecular flexibility index (Phi) is 4.77. The number of hydrogen-bond acceptors (Lipinski definition) is 6. The smallest absolute Gasteiger partial charge is 0.274 e. The van der Waals surface area contributed by atoms with E-state index in [2.05, 4.69) is 10.3 Å². The van der Waals surface area contributed by atoms with Crippen molar-refractivity contribution < 1.29 is 23.4 Å². The summed E-state index contributed by atoms with van der Waals surface area (Å²) in [7, 11) is 0. The lowest BCUT2D eigenvalue weighted by molar-refractivity contribution is 0.0571. The Morgan fingerprint density at radius 1 is 1.19 bits per heavy atom. The zero-order valence-corrected chi connectivity index (χ0v) is 17.0. The molecule has 2 aromatic heterocycles. The van der Waals surface area contributed by atoms with Gasteiger partial charge in [-0.25, -0.2) is 13.5 Å². The summed E-state index contributed by atoms with van der Waals surface area (Å²) in [6, 6.07) is 2.76. The largest absolute Gasteiger partial charge is 0.503 e. The summed E-state index contributed by atoms with van der Waals surface area (Å²) in [4.78, 5) is 27.4. The zero-order chi connectivity index (χ0) is 22.6. The minimum atomic E-state index is -0.752. The lowest BCUT2D eigenvalue weighted by Gasteiger charge is -2.38. The van der Waals surface area contributed by atoms with Gasteiger partial charge in [-0.2, -0.15) is 0 Å². The van der Waals surface area contributed by atoms with Gasteiger partial charge in [-0.3, -0.25) is 9.59 Å². The summed E-state index contributed by atoms with van der Waals surface area (Å²) in [6.07, 6.45) is 2.92. The average molecular weight is 443 g/mol. The molecule has 1 saturated heterocycles. The van der Waals surface area contributed by atoms with Crippen LogP contribution in [0.5, 0.6) is 5.75 Å². The van der Waals surface area contributed by atoms with E-state index in [1.807, 2.05) is 6.92 Å². The number of aromatic hydroxyl groups is 1. The van der Waals surface area contributed by atoms with E-state index in [1.54, 1.807) is 9.47 Å². The van der Waals surface area contributed by atoms with Gasteiger partial charge in [0.15, 0.2) is 11.4 Å². The number of likely N-dealkylation sites (N-methyl/N-ethyl adjacent to an activating group) is 1. The summed E-state index contributed by atoms with van der Waals surface area (Å²) >= 11 is 0. The third-order valence-electron chi connectivity index (χ3n) is 5.96. The van der Waals surface area contributed by atoms with E-state index >= 15 is 0 Å². The normalized spacial score (nSPS) is 19.8. The average Bonchev–Trinajstić information content (AvgIpc) is 3.42. The van der Waals surface area contributed by atoms with Gasteiger partial charge < -0.3 is 19.3 Å². The second-order valence-electron chi connectivity index (χ2n) is 7.78. The van der Waals surface area contributed by atoms with Gasteiger partial charge in [-0.1, -0.05) is 11.3 Å². The monoisotopic (exact) mass is 443 g/mol. The van der Waals surface area contributed by atoms with Gasteiger partial charge in [0.1, 0.15) is 17.3 Å². The van der Waals surface area contributed by atoms with Gasteiger partial charge in [0.05, 0.1) is 43.6 Å². The van der Waals surface area contributed by atoms with Crippen LogP contribution in [0, 0.1) is 11.6 Å². The van der Waals surface area contributed by atoms with Crippen LogP contribution in [0.4, 0.5) is 8.78 Å². The number of amides is 1. The molecule has 9 nitrogen and oxygen atoms in total. The number of hydrogen-bond donors (Lipinski definition) is 1. The summed E-state index contributed by atoms with van der Waals surface area (Å²) in [5.74, 6) is -2.50. The van der Waals surface area contributed by atoms with Crippen LogP contribution in [0.15, 0.2) is 35.4 Å². The Labute approximate surface area is 180 Å². The van der Waals surface area contributed by atoms with E-state index in [0.717, 1.165) is 12.1 Å². The van der Waals surface area contributed by atoms with Crippen LogP contribution in [0.1, 0.15) is 29.0 Å². The molecular formula is C21H19F2N5O4. The van der Waals surface area contributed by atoms with Gasteiger partial charge >= 0.3 is 0 Å². The van der Waals surface area contributed by atoms with Gasteiger partial charge in [0.2, 0.25) is 5.43 Å². The maximum absolute atomic E-state index is 14.0. The lowest BCUT2D eigenvalue weighted by atomic mass is 10.0. The van der Waals surface area contributed by atoms with Crippen LogP contribution in [-0.2, 0) is 11.3 Å². The van der Waals surface area contributed by atoms with E-state index in [4.69, 9.17) is 4.74 Å². The highest BCUT2D eigenvalue weighted by Crippen LogP contribution is 2.35. The number of benzene rings is 1. The van der Waals surface area contributed by atoms with E-state index in [-0.39, 0.29) is 41.1 Å². The first kappa shape index (κ1) is 20.3. The quantitative estimate of drug-likeness (QED) is 0.657. The summed E-state index contributed by atoms with van der Waals surface area (Å²) in [5.41, 5.74) is -0.417.